The van der Waals surface area contributed by atoms with E-state index in [4.69, 9.17) is 10.5 Å². The van der Waals surface area contributed by atoms with E-state index in [0.29, 0.717) is 6.10 Å². The summed E-state index contributed by atoms with van der Waals surface area (Å²) in [6, 6.07) is 8.96. The molecule has 1 aromatic carbocycles. The monoisotopic (exact) mass is 286 g/mol. The molecule has 1 saturated carbocycles. The number of rotatable bonds is 2. The van der Waals surface area contributed by atoms with Crippen LogP contribution in [0.15, 0.2) is 24.3 Å². The van der Waals surface area contributed by atoms with Crippen molar-refractivity contribution in [2.75, 3.05) is 18.0 Å². The van der Waals surface area contributed by atoms with Gasteiger partial charge < -0.3 is 15.4 Å². The number of hydrogen-bond acceptors (Lipinski definition) is 3. The summed E-state index contributed by atoms with van der Waals surface area (Å²) in [5.74, 6) is 0. The molecule has 114 valence electrons. The van der Waals surface area contributed by atoms with E-state index in [0.717, 1.165) is 19.5 Å². The topological polar surface area (TPSA) is 38.5 Å². The molecule has 21 heavy (non-hydrogen) atoms. The molecule has 0 radical (unpaired) electrons. The van der Waals surface area contributed by atoms with Crippen molar-refractivity contribution in [3.05, 3.63) is 29.8 Å². The van der Waals surface area contributed by atoms with Crippen molar-refractivity contribution >= 4 is 5.69 Å². The summed E-state index contributed by atoms with van der Waals surface area (Å²) in [6.45, 7) is 1.97. The van der Waals surface area contributed by atoms with E-state index in [1.165, 1.54) is 49.8 Å². The van der Waals surface area contributed by atoms with Crippen molar-refractivity contribution in [3.63, 3.8) is 0 Å². The fourth-order valence-corrected chi connectivity index (χ4v) is 4.55. The van der Waals surface area contributed by atoms with Crippen molar-refractivity contribution < 1.29 is 4.74 Å². The first-order chi connectivity index (χ1) is 10.2. The highest BCUT2D eigenvalue weighted by Gasteiger charge is 2.42. The lowest BCUT2D eigenvalue weighted by Gasteiger charge is -2.36. The van der Waals surface area contributed by atoms with Gasteiger partial charge in [0.25, 0.3) is 0 Å². The van der Waals surface area contributed by atoms with E-state index >= 15 is 0 Å². The van der Waals surface area contributed by atoms with E-state index in [2.05, 4.69) is 29.2 Å². The van der Waals surface area contributed by atoms with Crippen LogP contribution in [0.5, 0.6) is 0 Å². The zero-order chi connectivity index (χ0) is 14.3. The smallest absolute Gasteiger partial charge is 0.0758 e. The predicted molar refractivity (Wildman–Crippen MR) is 85.6 cm³/mol. The summed E-state index contributed by atoms with van der Waals surface area (Å²) in [5.41, 5.74) is 9.25. The Labute approximate surface area is 127 Å². The lowest BCUT2D eigenvalue weighted by Crippen LogP contribution is -2.46. The van der Waals surface area contributed by atoms with Gasteiger partial charge in [-0.3, -0.25) is 0 Å². The SMILES string of the molecule is NC1Cc2ccccc2N(CC2CCC3(CCCC3)O2)C1. The molecule has 0 bridgehead atoms. The van der Waals surface area contributed by atoms with Crippen LogP contribution in [0.2, 0.25) is 0 Å². The predicted octanol–water partition coefficient (Wildman–Crippen LogP) is 2.87. The number of ether oxygens (including phenoxy) is 1. The Balaban J connectivity index is 1.48. The van der Waals surface area contributed by atoms with Crippen LogP contribution in [0.25, 0.3) is 0 Å². The molecule has 3 nitrogen and oxygen atoms in total. The molecule has 2 aliphatic heterocycles. The molecule has 1 saturated heterocycles. The molecule has 1 spiro atoms. The van der Waals surface area contributed by atoms with Crippen molar-refractivity contribution in [3.8, 4) is 0 Å². The van der Waals surface area contributed by atoms with E-state index in [1.54, 1.807) is 0 Å². The van der Waals surface area contributed by atoms with Crippen molar-refractivity contribution in [1.82, 2.24) is 0 Å². The maximum absolute atomic E-state index is 6.48. The Bertz CT molecular complexity index is 510. The van der Waals surface area contributed by atoms with Gasteiger partial charge in [0.05, 0.1) is 11.7 Å². The first-order valence-corrected chi connectivity index (χ1v) is 8.50. The van der Waals surface area contributed by atoms with Crippen LogP contribution >= 0.6 is 0 Å². The van der Waals surface area contributed by atoms with Crippen LogP contribution in [-0.2, 0) is 11.2 Å². The van der Waals surface area contributed by atoms with Crippen LogP contribution in [0, 0.1) is 0 Å². The van der Waals surface area contributed by atoms with Gasteiger partial charge in [-0.05, 0) is 43.7 Å². The average molecular weight is 286 g/mol. The Kier molecular flexibility index (Phi) is 3.43. The molecule has 3 heteroatoms. The highest BCUT2D eigenvalue weighted by Crippen LogP contribution is 2.43. The molecular formula is C18H26N2O. The maximum atomic E-state index is 6.48. The summed E-state index contributed by atoms with van der Waals surface area (Å²) >= 11 is 0. The molecule has 2 unspecified atom stereocenters. The molecule has 2 fully saturated rings. The number of hydrogen-bond donors (Lipinski definition) is 1. The van der Waals surface area contributed by atoms with Crippen molar-refractivity contribution in [2.24, 2.45) is 5.73 Å². The normalized spacial score (nSPS) is 30.8. The average Bonchev–Trinajstić information content (AvgIpc) is 3.09. The summed E-state index contributed by atoms with van der Waals surface area (Å²) in [4.78, 5) is 2.46. The van der Waals surface area contributed by atoms with Gasteiger partial charge in [-0.15, -0.1) is 0 Å². The Morgan fingerprint density at radius 3 is 2.86 bits per heavy atom. The molecule has 2 heterocycles. The van der Waals surface area contributed by atoms with Crippen LogP contribution < -0.4 is 10.6 Å². The van der Waals surface area contributed by atoms with Gasteiger partial charge in [0, 0.05) is 24.8 Å². The highest BCUT2D eigenvalue weighted by molar-refractivity contribution is 5.56. The molecular weight excluding hydrogens is 260 g/mol. The highest BCUT2D eigenvalue weighted by atomic mass is 16.5. The summed E-state index contributed by atoms with van der Waals surface area (Å²) in [7, 11) is 0. The minimum Gasteiger partial charge on any atom is -0.370 e. The zero-order valence-electron chi connectivity index (χ0n) is 12.8. The Morgan fingerprint density at radius 2 is 2.00 bits per heavy atom. The third-order valence-electron chi connectivity index (χ3n) is 5.55. The van der Waals surface area contributed by atoms with Gasteiger partial charge in [0.2, 0.25) is 0 Å². The molecule has 1 aliphatic carbocycles. The second kappa shape index (κ2) is 5.29. The molecule has 2 N–H and O–H groups in total. The first kappa shape index (κ1) is 13.6. The minimum atomic E-state index is 0.238. The lowest BCUT2D eigenvalue weighted by molar-refractivity contribution is -0.0329. The van der Waals surface area contributed by atoms with Crippen LogP contribution in [0.3, 0.4) is 0 Å². The summed E-state index contributed by atoms with van der Waals surface area (Å²) in [6.07, 6.45) is 9.13. The van der Waals surface area contributed by atoms with E-state index in [1.807, 2.05) is 0 Å². The number of nitrogens with two attached hydrogens (primary N) is 1. The van der Waals surface area contributed by atoms with Gasteiger partial charge in [-0.1, -0.05) is 31.0 Å². The van der Waals surface area contributed by atoms with Gasteiger partial charge >= 0.3 is 0 Å². The van der Waals surface area contributed by atoms with Crippen LogP contribution in [0.4, 0.5) is 5.69 Å². The molecule has 1 aromatic rings. The summed E-state index contributed by atoms with van der Waals surface area (Å²) < 4.78 is 6.48. The van der Waals surface area contributed by atoms with E-state index in [9.17, 15) is 0 Å². The Hall–Kier alpha value is -1.06. The summed E-state index contributed by atoms with van der Waals surface area (Å²) in [5, 5.41) is 0. The van der Waals surface area contributed by atoms with Crippen molar-refractivity contribution in [2.45, 2.75) is 62.7 Å². The molecule has 4 rings (SSSR count). The van der Waals surface area contributed by atoms with E-state index < -0.39 is 0 Å². The quantitative estimate of drug-likeness (QED) is 0.908. The number of para-hydroxylation sites is 1. The van der Waals surface area contributed by atoms with Crippen LogP contribution in [0.1, 0.15) is 44.1 Å². The Morgan fingerprint density at radius 1 is 1.19 bits per heavy atom. The number of fused-ring (bicyclic) bond motifs is 1. The lowest BCUT2D eigenvalue weighted by atomic mass is 9.97. The minimum absolute atomic E-state index is 0.238. The third kappa shape index (κ3) is 2.58. The van der Waals surface area contributed by atoms with Gasteiger partial charge in [0.15, 0.2) is 0 Å². The second-order valence-electron chi connectivity index (χ2n) is 7.17. The number of anilines is 1. The fourth-order valence-electron chi connectivity index (χ4n) is 4.55. The van der Waals surface area contributed by atoms with Gasteiger partial charge in [0.1, 0.15) is 0 Å². The van der Waals surface area contributed by atoms with Gasteiger partial charge in [-0.25, -0.2) is 0 Å². The molecule has 2 atom stereocenters. The maximum Gasteiger partial charge on any atom is 0.0758 e. The fraction of sp³-hybridized carbons (Fsp3) is 0.667. The first-order valence-electron chi connectivity index (χ1n) is 8.50. The van der Waals surface area contributed by atoms with E-state index in [-0.39, 0.29) is 11.6 Å². The second-order valence-corrected chi connectivity index (χ2v) is 7.17. The zero-order valence-corrected chi connectivity index (χ0v) is 12.8. The standard InChI is InChI=1S/C18H26N2O/c19-15-11-14-5-1-2-6-17(14)20(12-15)13-16-7-10-18(21-16)8-3-4-9-18/h1-2,5-6,15-16H,3-4,7-13,19H2. The number of nitrogens with zero attached hydrogens (tertiary/aromatic N) is 1. The molecule has 3 aliphatic rings. The van der Waals surface area contributed by atoms with Crippen molar-refractivity contribution in [1.29, 1.82) is 0 Å². The molecule has 0 amide bonds. The largest absolute Gasteiger partial charge is 0.370 e. The van der Waals surface area contributed by atoms with Crippen LogP contribution in [-0.4, -0.2) is 30.8 Å². The van der Waals surface area contributed by atoms with Gasteiger partial charge in [-0.2, -0.15) is 0 Å². The number of benzene rings is 1. The molecule has 0 aromatic heterocycles. The third-order valence-corrected chi connectivity index (χ3v) is 5.55.